The predicted molar refractivity (Wildman–Crippen MR) is 131 cm³/mol. The second kappa shape index (κ2) is 9.82. The molecule has 2 heterocycles. The maximum atomic E-state index is 13.5. The molecule has 7 heteroatoms. The number of ether oxygens (including phenoxy) is 3. The van der Waals surface area contributed by atoms with E-state index in [2.05, 4.69) is 17.0 Å². The van der Waals surface area contributed by atoms with Crippen molar-refractivity contribution in [1.29, 1.82) is 0 Å². The zero-order chi connectivity index (χ0) is 24.4. The van der Waals surface area contributed by atoms with Gasteiger partial charge in [-0.05, 0) is 35.9 Å². The van der Waals surface area contributed by atoms with Gasteiger partial charge in [0.25, 0.3) is 0 Å². The van der Waals surface area contributed by atoms with Crippen LogP contribution in [0.15, 0.2) is 71.3 Å². The van der Waals surface area contributed by atoms with E-state index < -0.39 is 0 Å². The monoisotopic (exact) mass is 473 g/mol. The summed E-state index contributed by atoms with van der Waals surface area (Å²) < 4.78 is 22.4. The molecule has 1 aliphatic heterocycles. The molecule has 0 bridgehead atoms. The highest BCUT2D eigenvalue weighted by Gasteiger charge is 2.26. The molecule has 0 radical (unpaired) electrons. The highest BCUT2D eigenvalue weighted by molar-refractivity contribution is 6.17. The Morgan fingerprint density at radius 2 is 1.86 bits per heavy atom. The van der Waals surface area contributed by atoms with Gasteiger partial charge in [0, 0.05) is 36.1 Å². The lowest BCUT2D eigenvalue weighted by atomic mass is 9.98. The van der Waals surface area contributed by atoms with Gasteiger partial charge in [-0.2, -0.15) is 0 Å². The van der Waals surface area contributed by atoms with Crippen molar-refractivity contribution in [2.24, 2.45) is 0 Å². The van der Waals surface area contributed by atoms with Crippen LogP contribution in [-0.2, 0) is 11.3 Å². The number of phenols is 1. The number of morpholine rings is 1. The van der Waals surface area contributed by atoms with Crippen LogP contribution < -0.4 is 9.47 Å². The summed E-state index contributed by atoms with van der Waals surface area (Å²) in [5, 5.41) is 11.4. The number of rotatable bonds is 7. The van der Waals surface area contributed by atoms with Gasteiger partial charge in [0.15, 0.2) is 17.3 Å². The number of methoxy groups -OCH3 is 2. The van der Waals surface area contributed by atoms with Crippen LogP contribution in [-0.4, -0.2) is 49.7 Å². The maximum Gasteiger partial charge on any atom is 0.197 e. The van der Waals surface area contributed by atoms with E-state index >= 15 is 0 Å². The Kier molecular flexibility index (Phi) is 6.44. The summed E-state index contributed by atoms with van der Waals surface area (Å²) in [6.07, 6.45) is 1.40. The molecular weight excluding hydrogens is 446 g/mol. The van der Waals surface area contributed by atoms with Crippen LogP contribution in [0.4, 0.5) is 0 Å². The van der Waals surface area contributed by atoms with Crippen molar-refractivity contribution >= 4 is 16.8 Å². The number of carbonyl (C=O) groups is 1. The zero-order valence-electron chi connectivity index (χ0n) is 19.7. The molecule has 7 nitrogen and oxygen atoms in total. The van der Waals surface area contributed by atoms with Crippen LogP contribution in [0, 0.1) is 0 Å². The van der Waals surface area contributed by atoms with Crippen LogP contribution in [0.5, 0.6) is 17.2 Å². The Morgan fingerprint density at radius 3 is 2.63 bits per heavy atom. The molecule has 0 saturated carbocycles. The van der Waals surface area contributed by atoms with Gasteiger partial charge in [-0.15, -0.1) is 0 Å². The molecular formula is C28H27NO6. The van der Waals surface area contributed by atoms with Crippen molar-refractivity contribution in [3.63, 3.8) is 0 Å². The molecule has 5 rings (SSSR count). The third-order valence-electron chi connectivity index (χ3n) is 6.42. The van der Waals surface area contributed by atoms with Crippen molar-refractivity contribution in [2.45, 2.75) is 12.6 Å². The molecule has 1 saturated heterocycles. The quantitative estimate of drug-likeness (QED) is 0.380. The molecule has 0 aliphatic carbocycles. The summed E-state index contributed by atoms with van der Waals surface area (Å²) in [6.45, 7) is 2.44. The number of benzene rings is 3. The topological polar surface area (TPSA) is 81.4 Å². The molecule has 0 unspecified atom stereocenters. The number of fused-ring (bicyclic) bond motifs is 1. The number of hydrogen-bond donors (Lipinski definition) is 1. The smallest absolute Gasteiger partial charge is 0.197 e. The predicted octanol–water partition coefficient (Wildman–Crippen LogP) is 4.96. The number of furan rings is 1. The van der Waals surface area contributed by atoms with Crippen molar-refractivity contribution in [3.05, 3.63) is 89.2 Å². The minimum absolute atomic E-state index is 0.0523. The fourth-order valence-electron chi connectivity index (χ4n) is 4.59. The molecule has 180 valence electrons. The van der Waals surface area contributed by atoms with Gasteiger partial charge in [-0.1, -0.05) is 30.3 Å². The Hall–Kier alpha value is -3.81. The highest BCUT2D eigenvalue weighted by atomic mass is 16.5. The van der Waals surface area contributed by atoms with E-state index in [4.69, 9.17) is 18.6 Å². The Labute approximate surface area is 203 Å². The average molecular weight is 474 g/mol. The number of phenolic OH excluding ortho intramolecular Hbond substituents is 1. The lowest BCUT2D eigenvalue weighted by Gasteiger charge is -2.33. The van der Waals surface area contributed by atoms with E-state index in [1.165, 1.54) is 13.4 Å². The Bertz CT molecular complexity index is 1350. The fourth-order valence-corrected chi connectivity index (χ4v) is 4.59. The first-order valence-corrected chi connectivity index (χ1v) is 11.5. The molecule has 1 aliphatic rings. The van der Waals surface area contributed by atoms with Crippen molar-refractivity contribution in [1.82, 2.24) is 4.90 Å². The van der Waals surface area contributed by atoms with E-state index in [1.807, 2.05) is 18.2 Å². The molecule has 0 spiro atoms. The summed E-state index contributed by atoms with van der Waals surface area (Å²) in [5.74, 6) is 0.915. The lowest BCUT2D eigenvalue weighted by molar-refractivity contribution is -0.0329. The lowest BCUT2D eigenvalue weighted by Crippen LogP contribution is -2.37. The van der Waals surface area contributed by atoms with E-state index in [0.717, 1.165) is 12.1 Å². The molecule has 4 aromatic rings. The van der Waals surface area contributed by atoms with Gasteiger partial charge in [0.2, 0.25) is 0 Å². The molecule has 1 fully saturated rings. The zero-order valence-corrected chi connectivity index (χ0v) is 19.7. The van der Waals surface area contributed by atoms with Crippen LogP contribution in [0.3, 0.4) is 0 Å². The summed E-state index contributed by atoms with van der Waals surface area (Å²) in [6, 6.07) is 18.4. The third-order valence-corrected chi connectivity index (χ3v) is 6.42. The van der Waals surface area contributed by atoms with Gasteiger partial charge >= 0.3 is 0 Å². The number of nitrogens with zero attached hydrogens (tertiary/aromatic N) is 1. The molecule has 0 amide bonds. The van der Waals surface area contributed by atoms with Crippen molar-refractivity contribution in [2.75, 3.05) is 33.9 Å². The summed E-state index contributed by atoms with van der Waals surface area (Å²) in [7, 11) is 3.08. The minimum atomic E-state index is -0.222. The normalized spacial score (nSPS) is 16.3. The maximum absolute atomic E-state index is 13.5. The molecule has 1 atom stereocenters. The Morgan fingerprint density at radius 1 is 1.06 bits per heavy atom. The first-order chi connectivity index (χ1) is 17.1. The van der Waals surface area contributed by atoms with Gasteiger partial charge in [-0.3, -0.25) is 9.69 Å². The number of carbonyl (C=O) groups excluding carboxylic acids is 1. The van der Waals surface area contributed by atoms with E-state index in [9.17, 15) is 9.90 Å². The van der Waals surface area contributed by atoms with Crippen LogP contribution in [0.2, 0.25) is 0 Å². The largest absolute Gasteiger partial charge is 0.508 e. The summed E-state index contributed by atoms with van der Waals surface area (Å²) in [5.41, 5.74) is 3.16. The van der Waals surface area contributed by atoms with Gasteiger partial charge in [0.05, 0.1) is 32.5 Å². The third kappa shape index (κ3) is 4.48. The van der Waals surface area contributed by atoms with E-state index in [-0.39, 0.29) is 17.6 Å². The van der Waals surface area contributed by atoms with E-state index in [1.54, 1.807) is 37.4 Å². The van der Waals surface area contributed by atoms with E-state index in [0.29, 0.717) is 58.9 Å². The second-order valence-electron chi connectivity index (χ2n) is 8.49. The Balaban J connectivity index is 1.48. The minimum Gasteiger partial charge on any atom is -0.508 e. The van der Waals surface area contributed by atoms with Gasteiger partial charge in [0.1, 0.15) is 17.6 Å². The SMILES string of the molecule is COc1ccc(C(=O)c2coc3ccc(O)c(CN4CCO[C@@H](c5ccccc5)C4)c23)cc1OC. The highest BCUT2D eigenvalue weighted by Crippen LogP contribution is 2.36. The van der Waals surface area contributed by atoms with Crippen molar-refractivity contribution in [3.8, 4) is 17.2 Å². The van der Waals surface area contributed by atoms with Crippen LogP contribution in [0.25, 0.3) is 11.0 Å². The van der Waals surface area contributed by atoms with Gasteiger partial charge < -0.3 is 23.7 Å². The standard InChI is InChI=1S/C28H27NO6/c1-32-23-10-8-19(14-25(23)33-2)28(31)21-17-35-24-11-9-22(30)20(27(21)24)15-29-12-13-34-26(16-29)18-6-4-3-5-7-18/h3-11,14,17,26,30H,12-13,15-16H2,1-2H3/t26-/m1/s1. The summed E-state index contributed by atoms with van der Waals surface area (Å²) >= 11 is 0. The van der Waals surface area contributed by atoms with Crippen LogP contribution >= 0.6 is 0 Å². The van der Waals surface area contributed by atoms with Crippen LogP contribution in [0.1, 0.15) is 33.2 Å². The number of ketones is 1. The molecule has 3 aromatic carbocycles. The fraction of sp³-hybridized carbons (Fsp3) is 0.250. The molecule has 1 N–H and O–H groups in total. The second-order valence-corrected chi connectivity index (χ2v) is 8.49. The molecule has 35 heavy (non-hydrogen) atoms. The summed E-state index contributed by atoms with van der Waals surface area (Å²) in [4.78, 5) is 15.7. The van der Waals surface area contributed by atoms with Crippen molar-refractivity contribution < 1.29 is 28.5 Å². The first kappa shape index (κ1) is 23.0. The average Bonchev–Trinajstić information content (AvgIpc) is 3.34. The van der Waals surface area contributed by atoms with Gasteiger partial charge in [-0.25, -0.2) is 0 Å². The number of aromatic hydroxyl groups is 1. The molecule has 1 aromatic heterocycles. The first-order valence-electron chi connectivity index (χ1n) is 11.5. The number of hydrogen-bond acceptors (Lipinski definition) is 7.